The van der Waals surface area contributed by atoms with Crippen molar-refractivity contribution in [3.63, 3.8) is 0 Å². The molecular weight excluding hydrogens is 306 g/mol. The van der Waals surface area contributed by atoms with Gasteiger partial charge in [0.05, 0.1) is 25.0 Å². The summed E-state index contributed by atoms with van der Waals surface area (Å²) < 4.78 is 7.16. The monoisotopic (exact) mass is 333 g/mol. The zero-order valence-corrected chi connectivity index (χ0v) is 15.1. The molecule has 0 saturated heterocycles. The maximum Gasteiger partial charge on any atom is 0.191 e. The highest BCUT2D eigenvalue weighted by Crippen LogP contribution is 2.19. The van der Waals surface area contributed by atoms with Gasteiger partial charge in [0.1, 0.15) is 11.4 Å². The molecule has 0 fully saturated rings. The number of hydrogen-bond donors (Lipinski definition) is 3. The fourth-order valence-corrected chi connectivity index (χ4v) is 2.47. The minimum absolute atomic E-state index is 0.289. The molecule has 0 aliphatic rings. The van der Waals surface area contributed by atoms with Gasteiger partial charge >= 0.3 is 0 Å². The molecule has 132 valence electrons. The molecule has 2 rings (SSSR count). The Bertz CT molecular complexity index is 686. The predicted octanol–water partition coefficient (Wildman–Crippen LogP) is 1.59. The Morgan fingerprint density at radius 2 is 2.17 bits per heavy atom. The number of aliphatic imine (C=N–C) groups is 1. The van der Waals surface area contributed by atoms with Crippen LogP contribution in [0.1, 0.15) is 36.6 Å². The summed E-state index contributed by atoms with van der Waals surface area (Å²) in [5.41, 5.74) is 2.10. The molecule has 1 atom stereocenters. The maximum absolute atomic E-state index is 10.5. The molecule has 2 heterocycles. The molecule has 0 aliphatic carbocycles. The number of aliphatic hydroxyl groups is 1. The van der Waals surface area contributed by atoms with E-state index in [4.69, 9.17) is 4.42 Å². The first-order valence-corrected chi connectivity index (χ1v) is 8.12. The van der Waals surface area contributed by atoms with Crippen LogP contribution >= 0.6 is 0 Å². The van der Waals surface area contributed by atoms with Crippen LogP contribution in [0.3, 0.4) is 0 Å². The topological polar surface area (TPSA) is 87.6 Å². The highest BCUT2D eigenvalue weighted by molar-refractivity contribution is 5.79. The van der Waals surface area contributed by atoms with Crippen molar-refractivity contribution < 1.29 is 9.52 Å². The number of rotatable bonds is 6. The highest BCUT2D eigenvalue weighted by atomic mass is 16.4. The van der Waals surface area contributed by atoms with Gasteiger partial charge in [-0.1, -0.05) is 0 Å². The van der Waals surface area contributed by atoms with Crippen LogP contribution < -0.4 is 10.6 Å². The smallest absolute Gasteiger partial charge is 0.191 e. The average molecular weight is 333 g/mol. The largest absolute Gasteiger partial charge is 0.466 e. The minimum atomic E-state index is -1.11. The van der Waals surface area contributed by atoms with Crippen LogP contribution in [-0.4, -0.2) is 33.9 Å². The van der Waals surface area contributed by atoms with Crippen molar-refractivity contribution in [3.05, 3.63) is 41.1 Å². The zero-order chi connectivity index (χ0) is 17.7. The standard InChI is InChI=1S/C17H27N5O2/c1-6-18-16(19-10-14-12(2)21-22(5)13(14)3)20-11-17(4,23)15-8-7-9-24-15/h7-9,23H,6,10-11H2,1-5H3,(H2,18,19,20). The van der Waals surface area contributed by atoms with Crippen LogP contribution in [0.25, 0.3) is 0 Å². The van der Waals surface area contributed by atoms with Crippen LogP contribution in [0.2, 0.25) is 0 Å². The average Bonchev–Trinajstić information content (AvgIpc) is 3.14. The first kappa shape index (κ1) is 18.1. The number of nitrogens with one attached hydrogen (secondary N) is 2. The number of guanidine groups is 1. The van der Waals surface area contributed by atoms with Crippen LogP contribution in [0.4, 0.5) is 0 Å². The van der Waals surface area contributed by atoms with Crippen LogP contribution in [0.15, 0.2) is 27.8 Å². The van der Waals surface area contributed by atoms with Crippen molar-refractivity contribution >= 4 is 5.96 Å². The maximum atomic E-state index is 10.5. The Kier molecular flexibility index (Phi) is 5.66. The SMILES string of the molecule is CCNC(=NCc1c(C)nn(C)c1C)NCC(C)(O)c1ccco1. The normalized spacial score (nSPS) is 14.5. The molecule has 0 radical (unpaired) electrons. The quantitative estimate of drug-likeness (QED) is 0.552. The van der Waals surface area contributed by atoms with Crippen molar-refractivity contribution in [1.29, 1.82) is 0 Å². The van der Waals surface area contributed by atoms with Crippen LogP contribution in [0.5, 0.6) is 0 Å². The Hall–Kier alpha value is -2.28. The summed E-state index contributed by atoms with van der Waals surface area (Å²) in [5.74, 6) is 1.16. The van der Waals surface area contributed by atoms with Crippen molar-refractivity contribution in [2.75, 3.05) is 13.1 Å². The first-order valence-electron chi connectivity index (χ1n) is 8.12. The Balaban J connectivity index is 2.06. The molecule has 1 unspecified atom stereocenters. The summed E-state index contributed by atoms with van der Waals surface area (Å²) in [4.78, 5) is 4.60. The summed E-state index contributed by atoms with van der Waals surface area (Å²) in [7, 11) is 1.93. The molecule has 7 nitrogen and oxygen atoms in total. The molecule has 0 aromatic carbocycles. The van der Waals surface area contributed by atoms with Gasteiger partial charge in [-0.05, 0) is 39.8 Å². The van der Waals surface area contributed by atoms with Crippen molar-refractivity contribution in [3.8, 4) is 0 Å². The van der Waals surface area contributed by atoms with Gasteiger partial charge in [-0.25, -0.2) is 4.99 Å². The lowest BCUT2D eigenvalue weighted by Gasteiger charge is -2.22. The molecular formula is C17H27N5O2. The van der Waals surface area contributed by atoms with Crippen molar-refractivity contribution in [2.24, 2.45) is 12.0 Å². The van der Waals surface area contributed by atoms with E-state index in [0.29, 0.717) is 18.3 Å². The van der Waals surface area contributed by atoms with E-state index < -0.39 is 5.60 Å². The van der Waals surface area contributed by atoms with Gasteiger partial charge in [-0.2, -0.15) is 5.10 Å². The minimum Gasteiger partial charge on any atom is -0.466 e. The fourth-order valence-electron chi connectivity index (χ4n) is 2.47. The second-order valence-corrected chi connectivity index (χ2v) is 6.07. The Labute approximate surface area is 142 Å². The Morgan fingerprint density at radius 3 is 2.71 bits per heavy atom. The molecule has 0 amide bonds. The summed E-state index contributed by atoms with van der Waals surface area (Å²) in [6, 6.07) is 3.52. The van der Waals surface area contributed by atoms with Crippen molar-refractivity contribution in [1.82, 2.24) is 20.4 Å². The molecule has 0 saturated carbocycles. The van der Waals surface area contributed by atoms with E-state index in [2.05, 4.69) is 20.7 Å². The van der Waals surface area contributed by atoms with Gasteiger partial charge in [0, 0.05) is 24.8 Å². The summed E-state index contributed by atoms with van der Waals surface area (Å²) in [6.45, 7) is 9.29. The second kappa shape index (κ2) is 7.53. The van der Waals surface area contributed by atoms with E-state index in [1.807, 2.05) is 32.5 Å². The van der Waals surface area contributed by atoms with E-state index in [0.717, 1.165) is 23.5 Å². The van der Waals surface area contributed by atoms with E-state index in [1.54, 1.807) is 25.3 Å². The van der Waals surface area contributed by atoms with Gasteiger partial charge in [0.2, 0.25) is 0 Å². The number of aromatic nitrogens is 2. The number of furan rings is 1. The third-order valence-electron chi connectivity index (χ3n) is 4.05. The van der Waals surface area contributed by atoms with E-state index in [1.165, 1.54) is 0 Å². The molecule has 7 heteroatoms. The summed E-state index contributed by atoms with van der Waals surface area (Å²) in [6.07, 6.45) is 1.55. The van der Waals surface area contributed by atoms with Gasteiger partial charge in [-0.3, -0.25) is 4.68 Å². The first-order chi connectivity index (χ1) is 11.3. The third kappa shape index (κ3) is 4.17. The number of nitrogens with zero attached hydrogens (tertiary/aromatic N) is 3. The molecule has 0 aliphatic heterocycles. The van der Waals surface area contributed by atoms with E-state index in [9.17, 15) is 5.11 Å². The molecule has 0 bridgehead atoms. The van der Waals surface area contributed by atoms with E-state index >= 15 is 0 Å². The molecule has 2 aromatic heterocycles. The summed E-state index contributed by atoms with van der Waals surface area (Å²) >= 11 is 0. The van der Waals surface area contributed by atoms with Gasteiger partial charge < -0.3 is 20.2 Å². The molecule has 3 N–H and O–H groups in total. The third-order valence-corrected chi connectivity index (χ3v) is 4.05. The van der Waals surface area contributed by atoms with Gasteiger partial charge in [0.25, 0.3) is 0 Å². The van der Waals surface area contributed by atoms with Gasteiger partial charge in [0.15, 0.2) is 5.96 Å². The lowest BCUT2D eigenvalue weighted by Crippen LogP contribution is -2.44. The second-order valence-electron chi connectivity index (χ2n) is 6.07. The number of hydrogen-bond acceptors (Lipinski definition) is 4. The molecule has 0 spiro atoms. The lowest BCUT2D eigenvalue weighted by atomic mass is 10.0. The zero-order valence-electron chi connectivity index (χ0n) is 15.1. The lowest BCUT2D eigenvalue weighted by molar-refractivity contribution is 0.0386. The predicted molar refractivity (Wildman–Crippen MR) is 93.8 cm³/mol. The Morgan fingerprint density at radius 1 is 1.42 bits per heavy atom. The van der Waals surface area contributed by atoms with Crippen LogP contribution in [-0.2, 0) is 19.2 Å². The fraction of sp³-hybridized carbons (Fsp3) is 0.529. The van der Waals surface area contributed by atoms with E-state index in [-0.39, 0.29) is 6.54 Å². The number of aryl methyl sites for hydroxylation is 2. The van der Waals surface area contributed by atoms with Crippen LogP contribution in [0, 0.1) is 13.8 Å². The highest BCUT2D eigenvalue weighted by Gasteiger charge is 2.26. The van der Waals surface area contributed by atoms with Crippen molar-refractivity contribution in [2.45, 2.75) is 39.8 Å². The summed E-state index contributed by atoms with van der Waals surface area (Å²) in [5, 5.41) is 21.3. The van der Waals surface area contributed by atoms with Gasteiger partial charge in [-0.15, -0.1) is 0 Å². The molecule has 2 aromatic rings. The molecule has 24 heavy (non-hydrogen) atoms.